The summed E-state index contributed by atoms with van der Waals surface area (Å²) < 4.78 is 0. The van der Waals surface area contributed by atoms with Crippen LogP contribution in [0.1, 0.15) is 70.1 Å². The Morgan fingerprint density at radius 2 is 1.84 bits per heavy atom. The molecule has 0 saturated heterocycles. The first-order chi connectivity index (χ1) is 12.1. The second kappa shape index (κ2) is 7.91. The van der Waals surface area contributed by atoms with Crippen LogP contribution in [0.25, 0.3) is 0 Å². The minimum atomic E-state index is -1.03. The molecule has 2 saturated carbocycles. The van der Waals surface area contributed by atoms with Crippen LogP contribution in [-0.4, -0.2) is 19.1 Å². The van der Waals surface area contributed by atoms with E-state index in [2.05, 4.69) is 32.2 Å². The fourth-order valence-corrected chi connectivity index (χ4v) is 8.62. The third-order valence-corrected chi connectivity index (χ3v) is 12.8. The molecule has 0 radical (unpaired) electrons. The van der Waals surface area contributed by atoms with Crippen LogP contribution in [0.2, 0.25) is 24.2 Å². The van der Waals surface area contributed by atoms with Gasteiger partial charge in [-0.05, 0) is 50.2 Å². The first-order valence-electron chi connectivity index (χ1n) is 10.3. The van der Waals surface area contributed by atoms with Gasteiger partial charge in [0.2, 0.25) is 0 Å². The Hall–Kier alpha value is -1.34. The molecule has 2 unspecified atom stereocenters. The first kappa shape index (κ1) is 18.4. The minimum Gasteiger partial charge on any atom is -0.366 e. The predicted octanol–water partition coefficient (Wildman–Crippen LogP) is 5.92. The van der Waals surface area contributed by atoms with Gasteiger partial charge in [0.05, 0.1) is 13.6 Å². The highest BCUT2D eigenvalue weighted by molar-refractivity contribution is 6.79. The molecule has 136 valence electrons. The van der Waals surface area contributed by atoms with E-state index in [9.17, 15) is 5.26 Å². The van der Waals surface area contributed by atoms with Gasteiger partial charge in [-0.2, -0.15) is 5.26 Å². The van der Waals surface area contributed by atoms with Crippen LogP contribution >= 0.6 is 0 Å². The molecule has 0 aromatic carbocycles. The molecule has 2 aliphatic carbocycles. The molecule has 25 heavy (non-hydrogen) atoms. The lowest BCUT2D eigenvalue weighted by atomic mass is 10.1. The maximum Gasteiger partial charge on any atom is 0.144 e. The zero-order chi connectivity index (χ0) is 17.9. The van der Waals surface area contributed by atoms with Crippen molar-refractivity contribution in [3.05, 3.63) is 23.4 Å². The van der Waals surface area contributed by atoms with Crippen LogP contribution in [0, 0.1) is 17.2 Å². The van der Waals surface area contributed by atoms with Crippen LogP contribution < -0.4 is 5.32 Å². The highest BCUT2D eigenvalue weighted by Gasteiger charge is 2.34. The van der Waals surface area contributed by atoms with E-state index < -0.39 is 8.07 Å². The van der Waals surface area contributed by atoms with Crippen molar-refractivity contribution in [2.75, 3.05) is 5.32 Å². The summed E-state index contributed by atoms with van der Waals surface area (Å²) in [7, 11) is -1.03. The summed E-state index contributed by atoms with van der Waals surface area (Å²) in [5, 5.41) is 13.0. The minimum absolute atomic E-state index is 0.497. The number of nitrogens with one attached hydrogen (secondary N) is 1. The van der Waals surface area contributed by atoms with E-state index in [0.29, 0.717) is 17.5 Å². The maximum atomic E-state index is 9.41. The lowest BCUT2D eigenvalue weighted by molar-refractivity contribution is 0.588. The molecule has 0 spiro atoms. The molecule has 0 aliphatic heterocycles. The second-order valence-corrected chi connectivity index (χ2v) is 13.8. The molecule has 1 aromatic heterocycles. The van der Waals surface area contributed by atoms with Crippen molar-refractivity contribution in [3.8, 4) is 6.07 Å². The molecule has 1 heterocycles. The van der Waals surface area contributed by atoms with Crippen LogP contribution in [0.3, 0.4) is 0 Å². The molecule has 1 N–H and O–H groups in total. The monoisotopic (exact) mass is 355 g/mol. The zero-order valence-corrected chi connectivity index (χ0v) is 17.1. The van der Waals surface area contributed by atoms with Gasteiger partial charge < -0.3 is 5.32 Å². The predicted molar refractivity (Wildman–Crippen MR) is 108 cm³/mol. The Kier molecular flexibility index (Phi) is 5.84. The molecule has 1 aromatic rings. The molecule has 0 bridgehead atoms. The number of nitriles is 1. The van der Waals surface area contributed by atoms with E-state index in [4.69, 9.17) is 4.98 Å². The van der Waals surface area contributed by atoms with Gasteiger partial charge in [-0.15, -0.1) is 0 Å². The normalized spacial score (nSPS) is 23.4. The molecule has 2 aliphatic rings. The maximum absolute atomic E-state index is 9.41. The van der Waals surface area contributed by atoms with Crippen molar-refractivity contribution >= 4 is 13.9 Å². The van der Waals surface area contributed by atoms with Gasteiger partial charge in [0.25, 0.3) is 0 Å². The van der Waals surface area contributed by atoms with Crippen molar-refractivity contribution in [3.63, 3.8) is 0 Å². The average molecular weight is 356 g/mol. The Balaban J connectivity index is 1.63. The Labute approximate surface area is 154 Å². The Bertz CT molecular complexity index is 620. The fraction of sp³-hybridized carbons (Fsp3) is 0.714. The van der Waals surface area contributed by atoms with Crippen molar-refractivity contribution in [2.24, 2.45) is 5.92 Å². The summed E-state index contributed by atoms with van der Waals surface area (Å²) in [5.41, 5.74) is 1.87. The highest BCUT2D eigenvalue weighted by atomic mass is 28.3. The van der Waals surface area contributed by atoms with E-state index in [1.165, 1.54) is 62.0 Å². The number of hydrogen-bond donors (Lipinski definition) is 1. The van der Waals surface area contributed by atoms with Crippen LogP contribution in [-0.2, 0) is 0 Å². The van der Waals surface area contributed by atoms with Crippen molar-refractivity contribution in [1.29, 1.82) is 5.26 Å². The van der Waals surface area contributed by atoms with Crippen molar-refractivity contribution in [1.82, 2.24) is 4.98 Å². The number of pyridine rings is 1. The van der Waals surface area contributed by atoms with Gasteiger partial charge in [-0.1, -0.05) is 44.9 Å². The highest BCUT2D eigenvalue weighted by Crippen LogP contribution is 2.41. The standard InChI is InChI=1S/C21H33N3Si/c1-4-25(5-2,6-3)15-16-7-11-19(13-16)23-21-18(14-22)10-12-20(24-21)17-8-9-17/h10,12,16-17,19H,4-9,11,13,15H2,1-3H3,(H,23,24). The van der Waals surface area contributed by atoms with Crippen LogP contribution in [0.5, 0.6) is 0 Å². The van der Waals surface area contributed by atoms with E-state index in [0.717, 1.165) is 11.7 Å². The lowest BCUT2D eigenvalue weighted by Gasteiger charge is -2.31. The number of anilines is 1. The number of aromatic nitrogens is 1. The topological polar surface area (TPSA) is 48.7 Å². The van der Waals surface area contributed by atoms with E-state index in [-0.39, 0.29) is 0 Å². The Morgan fingerprint density at radius 3 is 2.44 bits per heavy atom. The molecular weight excluding hydrogens is 322 g/mol. The summed E-state index contributed by atoms with van der Waals surface area (Å²) in [6, 6.07) is 12.6. The Morgan fingerprint density at radius 1 is 1.12 bits per heavy atom. The quantitative estimate of drug-likeness (QED) is 0.589. The molecule has 3 nitrogen and oxygen atoms in total. The zero-order valence-electron chi connectivity index (χ0n) is 16.1. The van der Waals surface area contributed by atoms with Crippen LogP contribution in [0.15, 0.2) is 12.1 Å². The summed E-state index contributed by atoms with van der Waals surface area (Å²) >= 11 is 0. The number of rotatable bonds is 8. The first-order valence-corrected chi connectivity index (χ1v) is 13.1. The molecule has 2 atom stereocenters. The summed E-state index contributed by atoms with van der Waals surface area (Å²) in [4.78, 5) is 4.79. The number of hydrogen-bond acceptors (Lipinski definition) is 3. The van der Waals surface area contributed by atoms with Crippen LogP contribution in [0.4, 0.5) is 5.82 Å². The van der Waals surface area contributed by atoms with Gasteiger partial charge in [-0.3, -0.25) is 0 Å². The molecular formula is C21H33N3Si. The van der Waals surface area contributed by atoms with E-state index in [1.54, 1.807) is 0 Å². The van der Waals surface area contributed by atoms with E-state index in [1.807, 2.05) is 12.1 Å². The van der Waals surface area contributed by atoms with Gasteiger partial charge in [-0.25, -0.2) is 4.98 Å². The van der Waals surface area contributed by atoms with Crippen molar-refractivity contribution < 1.29 is 0 Å². The van der Waals surface area contributed by atoms with Gasteiger partial charge in [0.1, 0.15) is 11.9 Å². The fourth-order valence-electron chi connectivity index (χ4n) is 4.66. The van der Waals surface area contributed by atoms with Gasteiger partial charge in [0, 0.05) is 17.7 Å². The lowest BCUT2D eigenvalue weighted by Crippen LogP contribution is -2.33. The smallest absolute Gasteiger partial charge is 0.144 e. The average Bonchev–Trinajstić information content (AvgIpc) is 3.41. The SMILES string of the molecule is CC[Si](CC)(CC)CC1CCC(Nc2nc(C3CC3)ccc2C#N)C1. The molecule has 0 amide bonds. The molecule has 2 fully saturated rings. The summed E-state index contributed by atoms with van der Waals surface area (Å²) in [5.74, 6) is 2.35. The van der Waals surface area contributed by atoms with Crippen molar-refractivity contribution in [2.45, 2.75) is 89.0 Å². The molecule has 3 rings (SSSR count). The summed E-state index contributed by atoms with van der Waals surface area (Å²) in [6.07, 6.45) is 6.33. The third-order valence-electron chi connectivity index (χ3n) is 6.89. The largest absolute Gasteiger partial charge is 0.366 e. The van der Waals surface area contributed by atoms with Gasteiger partial charge in [0.15, 0.2) is 0 Å². The number of nitrogens with zero attached hydrogens (tertiary/aromatic N) is 2. The summed E-state index contributed by atoms with van der Waals surface area (Å²) in [6.45, 7) is 7.24. The van der Waals surface area contributed by atoms with Gasteiger partial charge >= 0.3 is 0 Å². The molecule has 4 heteroatoms. The van der Waals surface area contributed by atoms with E-state index >= 15 is 0 Å². The third kappa shape index (κ3) is 4.26. The second-order valence-electron chi connectivity index (χ2n) is 8.30.